The predicted octanol–water partition coefficient (Wildman–Crippen LogP) is 3.38. The van der Waals surface area contributed by atoms with Crippen molar-refractivity contribution < 1.29 is 42.2 Å². The van der Waals surface area contributed by atoms with E-state index in [9.17, 15) is 4.79 Å². The number of benzene rings is 1. The van der Waals surface area contributed by atoms with Gasteiger partial charge in [-0.2, -0.15) is 0 Å². The molecule has 0 spiro atoms. The normalized spacial score (nSPS) is 18.4. The van der Waals surface area contributed by atoms with Crippen LogP contribution in [0.2, 0.25) is 5.02 Å². The summed E-state index contributed by atoms with van der Waals surface area (Å²) in [4.78, 5) is 13.6. The van der Waals surface area contributed by atoms with Gasteiger partial charge >= 0.3 is 0 Å². The molecule has 20 heavy (non-hydrogen) atoms. The second-order valence-corrected chi connectivity index (χ2v) is 5.01. The third-order valence-corrected chi connectivity index (χ3v) is 3.48. The van der Waals surface area contributed by atoms with Crippen LogP contribution in [-0.2, 0) is 37.5 Å². The summed E-state index contributed by atoms with van der Waals surface area (Å²) in [7, 11) is 1.76. The van der Waals surface area contributed by atoms with E-state index >= 15 is 0 Å². The van der Waals surface area contributed by atoms with Crippen LogP contribution in [0.4, 0.5) is 0 Å². The molecule has 0 saturated carbocycles. The Kier molecular flexibility index (Phi) is 6.70. The Labute approximate surface area is 150 Å². The Morgan fingerprint density at radius 2 is 2.20 bits per heavy atom. The molecule has 1 radical (unpaired) electrons. The first kappa shape index (κ1) is 17.7. The zero-order valence-electron chi connectivity index (χ0n) is 11.9. The quantitative estimate of drug-likeness (QED) is 0.767. The monoisotopic (exact) mass is 367 g/mol. The zero-order chi connectivity index (χ0) is 14.0. The third-order valence-electron chi connectivity index (χ3n) is 3.17. The van der Waals surface area contributed by atoms with Crippen LogP contribution in [0, 0.1) is 12.0 Å². The van der Waals surface area contributed by atoms with Crippen molar-refractivity contribution in [1.82, 2.24) is 4.90 Å². The molecule has 105 valence electrons. The molecular formula is C15H17ClNO2Y-. The van der Waals surface area contributed by atoms with Gasteiger partial charge in [0.25, 0.3) is 0 Å². The Hall–Kier alpha value is -0.376. The molecule has 1 amide bonds. The van der Waals surface area contributed by atoms with E-state index in [-0.39, 0.29) is 44.5 Å². The second-order valence-electron chi connectivity index (χ2n) is 4.60. The number of amides is 1. The number of carbonyl (C=O) groups excluding carboxylic acids is 1. The molecule has 1 atom stereocenters. The fraction of sp³-hybridized carbons (Fsp3) is 0.400. The Bertz CT molecular complexity index is 531. The first-order chi connectivity index (χ1) is 9.04. The Balaban J connectivity index is 0.00000200. The van der Waals surface area contributed by atoms with Crippen LogP contribution in [0.3, 0.4) is 0 Å². The van der Waals surface area contributed by atoms with Gasteiger partial charge in [0.1, 0.15) is 5.75 Å². The van der Waals surface area contributed by atoms with Gasteiger partial charge in [-0.3, -0.25) is 4.79 Å². The van der Waals surface area contributed by atoms with Gasteiger partial charge in [-0.15, -0.1) is 28.9 Å². The summed E-state index contributed by atoms with van der Waals surface area (Å²) in [6.45, 7) is 4.43. The number of nitrogens with zero attached hydrogens (tertiary/aromatic N) is 1. The first-order valence-corrected chi connectivity index (χ1v) is 6.73. The van der Waals surface area contributed by atoms with E-state index in [1.807, 2.05) is 26.0 Å². The topological polar surface area (TPSA) is 29.5 Å². The molecular weight excluding hydrogens is 351 g/mol. The molecule has 0 fully saturated rings. The first-order valence-electron chi connectivity index (χ1n) is 6.35. The summed E-state index contributed by atoms with van der Waals surface area (Å²) < 4.78 is 5.40. The summed E-state index contributed by atoms with van der Waals surface area (Å²) >= 11 is 6.27. The van der Waals surface area contributed by atoms with Crippen molar-refractivity contribution in [3.05, 3.63) is 34.9 Å². The molecule has 0 N–H and O–H groups in total. The average molecular weight is 368 g/mol. The maximum Gasteiger partial charge on any atom is 0.225 e. The van der Waals surface area contributed by atoms with Crippen molar-refractivity contribution in [2.45, 2.75) is 20.3 Å². The van der Waals surface area contributed by atoms with Gasteiger partial charge in [0.05, 0.1) is 6.61 Å². The second kappa shape index (κ2) is 7.58. The van der Waals surface area contributed by atoms with E-state index < -0.39 is 0 Å². The molecule has 5 heteroatoms. The maximum absolute atomic E-state index is 12.0. The number of ether oxygens (including phenoxy) is 1. The van der Waals surface area contributed by atoms with E-state index in [4.69, 9.17) is 16.3 Å². The number of hydrogen-bond donors (Lipinski definition) is 0. The smallest absolute Gasteiger partial charge is 0.225 e. The molecule has 0 aliphatic carbocycles. The number of rotatable bonds is 3. The van der Waals surface area contributed by atoms with E-state index in [0.717, 1.165) is 17.0 Å². The minimum atomic E-state index is -0.0183. The van der Waals surface area contributed by atoms with Crippen LogP contribution in [0.1, 0.15) is 25.8 Å². The number of carbonyl (C=O) groups is 1. The minimum absolute atomic E-state index is 0. The number of hydrogen-bond acceptors (Lipinski definition) is 2. The fourth-order valence-corrected chi connectivity index (χ4v) is 2.38. The van der Waals surface area contributed by atoms with Gasteiger partial charge in [-0.05, 0) is 24.1 Å². The van der Waals surface area contributed by atoms with Crippen LogP contribution >= 0.6 is 11.6 Å². The molecule has 1 heterocycles. The van der Waals surface area contributed by atoms with Gasteiger partial charge in [-0.25, -0.2) is 6.08 Å². The molecule has 1 aliphatic heterocycles. The van der Waals surface area contributed by atoms with E-state index in [0.29, 0.717) is 18.1 Å². The van der Waals surface area contributed by atoms with Crippen LogP contribution in [0.5, 0.6) is 5.75 Å². The van der Waals surface area contributed by atoms with Gasteiger partial charge in [0, 0.05) is 45.7 Å². The van der Waals surface area contributed by atoms with Crippen molar-refractivity contribution in [3.63, 3.8) is 0 Å². The van der Waals surface area contributed by atoms with E-state index in [2.05, 4.69) is 6.08 Å². The molecule has 1 aromatic rings. The van der Waals surface area contributed by atoms with Gasteiger partial charge in [0.15, 0.2) is 0 Å². The number of allylic oxidation sites excluding steroid dienone is 1. The molecule has 2 rings (SSSR count). The molecule has 1 aromatic carbocycles. The van der Waals surface area contributed by atoms with Crippen molar-refractivity contribution in [2.75, 3.05) is 13.7 Å². The maximum atomic E-state index is 12.0. The van der Waals surface area contributed by atoms with Crippen molar-refractivity contribution in [1.29, 1.82) is 0 Å². The van der Waals surface area contributed by atoms with Gasteiger partial charge in [0.2, 0.25) is 5.91 Å². The standard InChI is InChI=1S/C15H17ClNO2.Y/c1-4-19-11-6-7-12(13(16)9-11)14-8-5-10(2)15(18)17(14)3;/h6-7,9-10H,4-5H2,1-3H3;/q-1;. The summed E-state index contributed by atoms with van der Waals surface area (Å²) in [5, 5.41) is 0.572. The predicted molar refractivity (Wildman–Crippen MR) is 75.8 cm³/mol. The molecule has 3 nitrogen and oxygen atoms in total. The summed E-state index contributed by atoms with van der Waals surface area (Å²) in [6, 6.07) is 5.50. The van der Waals surface area contributed by atoms with Gasteiger partial charge in [-0.1, -0.05) is 13.3 Å². The Morgan fingerprint density at radius 3 is 2.80 bits per heavy atom. The largest absolute Gasteiger partial charge is 0.494 e. The average Bonchev–Trinajstić information content (AvgIpc) is 2.38. The van der Waals surface area contributed by atoms with Crippen molar-refractivity contribution in [2.24, 2.45) is 5.92 Å². The zero-order valence-corrected chi connectivity index (χ0v) is 15.5. The fourth-order valence-electron chi connectivity index (χ4n) is 2.12. The summed E-state index contributed by atoms with van der Waals surface area (Å²) in [6.07, 6.45) is 3.88. The molecule has 0 saturated heterocycles. The van der Waals surface area contributed by atoms with Crippen LogP contribution in [0.25, 0.3) is 5.70 Å². The van der Waals surface area contributed by atoms with Crippen LogP contribution in [-0.4, -0.2) is 24.5 Å². The number of halogens is 1. The summed E-state index contributed by atoms with van der Waals surface area (Å²) in [5.41, 5.74) is 1.56. The molecule has 0 bridgehead atoms. The van der Waals surface area contributed by atoms with Crippen LogP contribution in [0.15, 0.2) is 18.2 Å². The summed E-state index contributed by atoms with van der Waals surface area (Å²) in [5.74, 6) is 0.809. The molecule has 0 aromatic heterocycles. The van der Waals surface area contributed by atoms with E-state index in [1.165, 1.54) is 0 Å². The molecule has 1 aliphatic rings. The SMILES string of the molecule is CCOc1ccc(C2=[C-]CC(C)C(=O)N2C)c(Cl)c1.[Y]. The minimum Gasteiger partial charge on any atom is -0.494 e. The third kappa shape index (κ3) is 3.63. The Morgan fingerprint density at radius 1 is 1.50 bits per heavy atom. The van der Waals surface area contributed by atoms with E-state index in [1.54, 1.807) is 18.0 Å². The van der Waals surface area contributed by atoms with Crippen molar-refractivity contribution >= 4 is 23.2 Å². The molecule has 1 unspecified atom stereocenters. The van der Waals surface area contributed by atoms with Crippen molar-refractivity contribution in [3.8, 4) is 5.75 Å². The van der Waals surface area contributed by atoms with Crippen LogP contribution < -0.4 is 4.74 Å². The van der Waals surface area contributed by atoms with Gasteiger partial charge < -0.3 is 9.64 Å².